The molecule has 3 aromatic rings. The molecule has 1 unspecified atom stereocenters. The zero-order valence-electron chi connectivity index (χ0n) is 12.2. The lowest BCUT2D eigenvalue weighted by molar-refractivity contribution is 0.213. The molecule has 1 aromatic carbocycles. The fraction of sp³-hybridized carbons (Fsp3) is 0.375. The molecular weight excluding hydrogens is 262 g/mol. The summed E-state index contributed by atoms with van der Waals surface area (Å²) in [4.78, 5) is 15.0. The van der Waals surface area contributed by atoms with E-state index in [1.165, 1.54) is 19.4 Å². The van der Waals surface area contributed by atoms with Crippen molar-refractivity contribution in [3.63, 3.8) is 0 Å². The van der Waals surface area contributed by atoms with Crippen LogP contribution in [0.4, 0.5) is 0 Å². The van der Waals surface area contributed by atoms with Gasteiger partial charge in [-0.15, -0.1) is 0 Å². The van der Waals surface area contributed by atoms with E-state index in [1.54, 1.807) is 0 Å². The number of nitrogens with zero attached hydrogens (tertiary/aromatic N) is 4. The van der Waals surface area contributed by atoms with Crippen LogP contribution in [0, 0.1) is 0 Å². The van der Waals surface area contributed by atoms with Gasteiger partial charge in [0.05, 0.1) is 11.0 Å². The van der Waals surface area contributed by atoms with Gasteiger partial charge in [0.2, 0.25) is 0 Å². The molecule has 1 aliphatic rings. The number of hydrogen-bond acceptors (Lipinski definition) is 3. The Labute approximate surface area is 123 Å². The Morgan fingerprint density at radius 3 is 3.05 bits per heavy atom. The SMILES string of the molecule is CN1CCCC(n2ccnc2-c2nc3ccccc3[nH]2)C1. The van der Waals surface area contributed by atoms with E-state index in [4.69, 9.17) is 0 Å². The Morgan fingerprint density at radius 2 is 2.19 bits per heavy atom. The van der Waals surface area contributed by atoms with Gasteiger partial charge in [0.1, 0.15) is 0 Å². The number of aromatic nitrogens is 4. The number of imidazole rings is 2. The van der Waals surface area contributed by atoms with E-state index in [0.29, 0.717) is 6.04 Å². The topological polar surface area (TPSA) is 49.7 Å². The minimum Gasteiger partial charge on any atom is -0.335 e. The highest BCUT2D eigenvalue weighted by Gasteiger charge is 2.22. The predicted molar refractivity (Wildman–Crippen MR) is 83.1 cm³/mol. The number of rotatable bonds is 2. The summed E-state index contributed by atoms with van der Waals surface area (Å²) in [5.41, 5.74) is 2.05. The number of likely N-dealkylation sites (N-methyl/N-ethyl adjacent to an activating group) is 1. The third-order valence-electron chi connectivity index (χ3n) is 4.26. The number of nitrogens with one attached hydrogen (secondary N) is 1. The first-order valence-electron chi connectivity index (χ1n) is 7.48. The van der Waals surface area contributed by atoms with Crippen LogP contribution in [-0.4, -0.2) is 44.6 Å². The first-order chi connectivity index (χ1) is 10.3. The Kier molecular flexibility index (Phi) is 3.00. The zero-order valence-corrected chi connectivity index (χ0v) is 12.2. The van der Waals surface area contributed by atoms with Crippen molar-refractivity contribution in [1.29, 1.82) is 0 Å². The molecule has 0 saturated carbocycles. The predicted octanol–water partition coefficient (Wildman–Crippen LogP) is 2.69. The number of aromatic amines is 1. The van der Waals surface area contributed by atoms with Crippen LogP contribution in [0.25, 0.3) is 22.7 Å². The Morgan fingerprint density at radius 1 is 1.29 bits per heavy atom. The third-order valence-corrected chi connectivity index (χ3v) is 4.26. The maximum atomic E-state index is 4.68. The second-order valence-electron chi connectivity index (χ2n) is 5.82. The second kappa shape index (κ2) is 5.00. The molecule has 2 aromatic heterocycles. The number of para-hydroxylation sites is 2. The van der Waals surface area contributed by atoms with E-state index in [1.807, 2.05) is 30.5 Å². The van der Waals surface area contributed by atoms with Crippen LogP contribution in [0.1, 0.15) is 18.9 Å². The van der Waals surface area contributed by atoms with E-state index in [2.05, 4.69) is 37.7 Å². The maximum absolute atomic E-state index is 4.68. The molecule has 21 heavy (non-hydrogen) atoms. The minimum absolute atomic E-state index is 0.481. The molecule has 5 heteroatoms. The van der Waals surface area contributed by atoms with E-state index < -0.39 is 0 Å². The van der Waals surface area contributed by atoms with Crippen molar-refractivity contribution in [1.82, 2.24) is 24.4 Å². The van der Waals surface area contributed by atoms with Crippen molar-refractivity contribution in [2.24, 2.45) is 0 Å². The highest BCUT2D eigenvalue weighted by Crippen LogP contribution is 2.26. The standard InChI is InChI=1S/C16H19N5/c1-20-9-4-5-12(11-20)21-10-8-17-16(21)15-18-13-6-2-3-7-14(13)19-15/h2-3,6-8,10,12H,4-5,9,11H2,1H3,(H,18,19). The molecule has 1 fully saturated rings. The monoisotopic (exact) mass is 281 g/mol. The summed E-state index contributed by atoms with van der Waals surface area (Å²) < 4.78 is 2.27. The lowest BCUT2D eigenvalue weighted by Gasteiger charge is -2.31. The molecular formula is C16H19N5. The van der Waals surface area contributed by atoms with Crippen molar-refractivity contribution in [3.8, 4) is 11.6 Å². The quantitative estimate of drug-likeness (QED) is 0.785. The van der Waals surface area contributed by atoms with E-state index in [9.17, 15) is 0 Å². The lowest BCUT2D eigenvalue weighted by Crippen LogP contribution is -2.33. The van der Waals surface area contributed by atoms with Crippen molar-refractivity contribution in [3.05, 3.63) is 36.7 Å². The van der Waals surface area contributed by atoms with Crippen molar-refractivity contribution in [2.75, 3.05) is 20.1 Å². The van der Waals surface area contributed by atoms with Crippen LogP contribution in [-0.2, 0) is 0 Å². The van der Waals surface area contributed by atoms with Gasteiger partial charge in [-0.3, -0.25) is 0 Å². The number of piperidine rings is 1. The molecule has 1 aliphatic heterocycles. The first kappa shape index (κ1) is 12.6. The van der Waals surface area contributed by atoms with Gasteiger partial charge in [-0.1, -0.05) is 12.1 Å². The highest BCUT2D eigenvalue weighted by molar-refractivity contribution is 5.78. The average Bonchev–Trinajstić information content (AvgIpc) is 3.13. The molecule has 0 spiro atoms. The van der Waals surface area contributed by atoms with Crippen LogP contribution >= 0.6 is 0 Å². The fourth-order valence-electron chi connectivity index (χ4n) is 3.22. The van der Waals surface area contributed by atoms with Crippen LogP contribution < -0.4 is 0 Å². The van der Waals surface area contributed by atoms with Crippen LogP contribution in [0.2, 0.25) is 0 Å². The summed E-state index contributed by atoms with van der Waals surface area (Å²) >= 11 is 0. The van der Waals surface area contributed by atoms with Crippen molar-refractivity contribution < 1.29 is 0 Å². The van der Waals surface area contributed by atoms with Gasteiger partial charge in [-0.05, 0) is 38.6 Å². The third kappa shape index (κ3) is 2.23. The maximum Gasteiger partial charge on any atom is 0.176 e. The molecule has 5 nitrogen and oxygen atoms in total. The summed E-state index contributed by atoms with van der Waals surface area (Å²) in [6, 6.07) is 8.59. The van der Waals surface area contributed by atoms with Crippen molar-refractivity contribution >= 4 is 11.0 Å². The molecule has 0 aliphatic carbocycles. The number of hydrogen-bond donors (Lipinski definition) is 1. The zero-order chi connectivity index (χ0) is 14.2. The fourth-order valence-corrected chi connectivity index (χ4v) is 3.22. The number of benzene rings is 1. The molecule has 1 N–H and O–H groups in total. The molecule has 3 heterocycles. The number of H-pyrrole nitrogens is 1. The number of likely N-dealkylation sites (tertiary alicyclic amines) is 1. The Hall–Kier alpha value is -2.14. The van der Waals surface area contributed by atoms with Crippen LogP contribution in [0.15, 0.2) is 36.7 Å². The minimum atomic E-state index is 0.481. The molecule has 108 valence electrons. The molecule has 0 radical (unpaired) electrons. The van der Waals surface area contributed by atoms with Crippen molar-refractivity contribution in [2.45, 2.75) is 18.9 Å². The van der Waals surface area contributed by atoms with Gasteiger partial charge in [0, 0.05) is 25.0 Å². The van der Waals surface area contributed by atoms with E-state index in [-0.39, 0.29) is 0 Å². The summed E-state index contributed by atoms with van der Waals surface area (Å²) in [7, 11) is 2.18. The number of fused-ring (bicyclic) bond motifs is 1. The summed E-state index contributed by atoms with van der Waals surface area (Å²) in [6.07, 6.45) is 6.39. The highest BCUT2D eigenvalue weighted by atomic mass is 15.2. The summed E-state index contributed by atoms with van der Waals surface area (Å²) in [5, 5.41) is 0. The van der Waals surface area contributed by atoms with Crippen LogP contribution in [0.3, 0.4) is 0 Å². The van der Waals surface area contributed by atoms with E-state index >= 15 is 0 Å². The molecule has 0 amide bonds. The van der Waals surface area contributed by atoms with E-state index in [0.717, 1.165) is 29.2 Å². The molecule has 4 rings (SSSR count). The Bertz CT molecular complexity index is 724. The lowest BCUT2D eigenvalue weighted by atomic mass is 10.1. The average molecular weight is 281 g/mol. The van der Waals surface area contributed by atoms with Gasteiger partial charge >= 0.3 is 0 Å². The molecule has 1 atom stereocenters. The molecule has 0 bridgehead atoms. The van der Waals surface area contributed by atoms with Gasteiger partial charge in [-0.25, -0.2) is 9.97 Å². The largest absolute Gasteiger partial charge is 0.335 e. The summed E-state index contributed by atoms with van der Waals surface area (Å²) in [6.45, 7) is 2.26. The normalized spacial score (nSPS) is 20.1. The Balaban J connectivity index is 1.74. The summed E-state index contributed by atoms with van der Waals surface area (Å²) in [5.74, 6) is 1.79. The molecule has 1 saturated heterocycles. The first-order valence-corrected chi connectivity index (χ1v) is 7.48. The second-order valence-corrected chi connectivity index (χ2v) is 5.82. The van der Waals surface area contributed by atoms with Crippen LogP contribution in [0.5, 0.6) is 0 Å². The van der Waals surface area contributed by atoms with Gasteiger partial charge in [0.15, 0.2) is 11.6 Å². The van der Waals surface area contributed by atoms with Gasteiger partial charge in [-0.2, -0.15) is 0 Å². The van der Waals surface area contributed by atoms with Gasteiger partial charge < -0.3 is 14.5 Å². The van der Waals surface area contributed by atoms with Gasteiger partial charge in [0.25, 0.3) is 0 Å². The smallest absolute Gasteiger partial charge is 0.176 e.